The second kappa shape index (κ2) is 5.11. The van der Waals surface area contributed by atoms with Crippen LogP contribution in [0.15, 0.2) is 35.3 Å². The molecule has 1 unspecified atom stereocenters. The number of nitrogens with zero attached hydrogens (tertiary/aromatic N) is 4. The largest absolute Gasteiger partial charge is 0.303 e. The topological polar surface area (TPSA) is 69.1 Å². The maximum Gasteiger partial charge on any atom is 0.177 e. The maximum atomic E-state index is 6.31. The van der Waals surface area contributed by atoms with E-state index >= 15 is 0 Å². The number of aromatic nitrogens is 3. The molecule has 23 heavy (non-hydrogen) atoms. The first-order valence-corrected chi connectivity index (χ1v) is 8.31. The lowest BCUT2D eigenvalue weighted by Gasteiger charge is -2.09. The van der Waals surface area contributed by atoms with Gasteiger partial charge in [-0.1, -0.05) is 30.3 Å². The molecule has 0 bridgehead atoms. The predicted octanol–water partition coefficient (Wildman–Crippen LogP) is 3.06. The third kappa shape index (κ3) is 2.06. The van der Waals surface area contributed by atoms with Crippen LogP contribution in [0.1, 0.15) is 39.4 Å². The summed E-state index contributed by atoms with van der Waals surface area (Å²) in [6.45, 7) is 6.22. The van der Waals surface area contributed by atoms with Crippen molar-refractivity contribution >= 4 is 17.0 Å². The third-order valence-corrected chi connectivity index (χ3v) is 5.43. The number of aryl methyl sites for hydroxylation is 2. The van der Waals surface area contributed by atoms with Crippen molar-refractivity contribution in [2.75, 3.05) is 0 Å². The summed E-state index contributed by atoms with van der Waals surface area (Å²) in [5.74, 6) is 1.53. The minimum absolute atomic E-state index is 0.522. The monoisotopic (exact) mass is 323 g/mol. The van der Waals surface area contributed by atoms with Gasteiger partial charge in [0, 0.05) is 16.0 Å². The van der Waals surface area contributed by atoms with Gasteiger partial charge in [-0.2, -0.15) is 0 Å². The fourth-order valence-electron chi connectivity index (χ4n) is 2.94. The van der Waals surface area contributed by atoms with E-state index in [1.165, 1.54) is 10.4 Å². The van der Waals surface area contributed by atoms with Gasteiger partial charge in [-0.15, -0.1) is 21.5 Å². The first kappa shape index (κ1) is 14.3. The number of aliphatic imine (C=N–C) groups is 1. The molecule has 0 fully saturated rings. The highest BCUT2D eigenvalue weighted by molar-refractivity contribution is 7.15. The Labute approximate surface area is 138 Å². The van der Waals surface area contributed by atoms with Gasteiger partial charge in [0.1, 0.15) is 10.8 Å². The highest BCUT2D eigenvalue weighted by atomic mass is 32.1. The summed E-state index contributed by atoms with van der Waals surface area (Å²) in [4.78, 5) is 6.07. The lowest BCUT2D eigenvalue weighted by molar-refractivity contribution is 0.693. The number of benzene rings is 1. The average molecular weight is 323 g/mol. The summed E-state index contributed by atoms with van der Waals surface area (Å²) < 4.78 is 2.05. The van der Waals surface area contributed by atoms with Crippen LogP contribution in [0.2, 0.25) is 0 Å². The fraction of sp³-hybridized carbons (Fsp3) is 0.235. The van der Waals surface area contributed by atoms with Gasteiger partial charge < -0.3 is 5.73 Å². The second-order valence-corrected chi connectivity index (χ2v) is 6.90. The second-order valence-electron chi connectivity index (χ2n) is 5.69. The Hall–Kier alpha value is -2.31. The van der Waals surface area contributed by atoms with E-state index < -0.39 is 6.17 Å². The molecule has 0 aliphatic carbocycles. The predicted molar refractivity (Wildman–Crippen MR) is 92.5 cm³/mol. The van der Waals surface area contributed by atoms with Crippen LogP contribution in [0, 0.1) is 20.8 Å². The Morgan fingerprint density at radius 1 is 1.09 bits per heavy atom. The van der Waals surface area contributed by atoms with Crippen LogP contribution in [0.3, 0.4) is 0 Å². The lowest BCUT2D eigenvalue weighted by Crippen LogP contribution is -2.13. The van der Waals surface area contributed by atoms with Crippen molar-refractivity contribution in [2.24, 2.45) is 10.7 Å². The lowest BCUT2D eigenvalue weighted by atomic mass is 10.00. The molecule has 2 aromatic heterocycles. The normalized spacial score (nSPS) is 16.5. The molecule has 0 radical (unpaired) electrons. The molecule has 0 spiro atoms. The fourth-order valence-corrected chi connectivity index (χ4v) is 4.16. The highest BCUT2D eigenvalue weighted by Gasteiger charge is 2.29. The number of rotatable bonds is 1. The zero-order valence-corrected chi connectivity index (χ0v) is 14.1. The Balaban J connectivity index is 2.08. The summed E-state index contributed by atoms with van der Waals surface area (Å²) in [6, 6.07) is 10.2. The summed E-state index contributed by atoms with van der Waals surface area (Å²) in [7, 11) is 0. The van der Waals surface area contributed by atoms with Crippen molar-refractivity contribution < 1.29 is 0 Å². The molecule has 0 amide bonds. The Kier molecular flexibility index (Phi) is 3.18. The zero-order valence-electron chi connectivity index (χ0n) is 13.2. The molecule has 0 saturated heterocycles. The molecule has 116 valence electrons. The molecule has 6 heteroatoms. The molecule has 0 saturated carbocycles. The van der Waals surface area contributed by atoms with Gasteiger partial charge in [0.2, 0.25) is 0 Å². The first-order valence-electron chi connectivity index (χ1n) is 7.49. The van der Waals surface area contributed by atoms with Gasteiger partial charge in [0.05, 0.1) is 5.71 Å². The summed E-state index contributed by atoms with van der Waals surface area (Å²) in [5.41, 5.74) is 10.7. The summed E-state index contributed by atoms with van der Waals surface area (Å²) in [5, 5.41) is 9.55. The van der Waals surface area contributed by atoms with Gasteiger partial charge in [-0.3, -0.25) is 9.56 Å². The average Bonchev–Trinajstić information content (AvgIpc) is 3.03. The van der Waals surface area contributed by atoms with Crippen LogP contribution >= 0.6 is 11.3 Å². The van der Waals surface area contributed by atoms with Crippen LogP contribution in [0.4, 0.5) is 0 Å². The van der Waals surface area contributed by atoms with Crippen LogP contribution in [-0.2, 0) is 0 Å². The van der Waals surface area contributed by atoms with Crippen molar-refractivity contribution in [3.8, 4) is 5.00 Å². The zero-order chi connectivity index (χ0) is 16.1. The van der Waals surface area contributed by atoms with Crippen LogP contribution in [0.25, 0.3) is 5.00 Å². The molecule has 1 atom stereocenters. The molecule has 5 nitrogen and oxygen atoms in total. The van der Waals surface area contributed by atoms with E-state index in [0.717, 1.165) is 27.7 Å². The van der Waals surface area contributed by atoms with Gasteiger partial charge >= 0.3 is 0 Å². The Morgan fingerprint density at radius 3 is 2.57 bits per heavy atom. The smallest absolute Gasteiger partial charge is 0.177 e. The molecular weight excluding hydrogens is 306 g/mol. The molecular formula is C17H17N5S. The van der Waals surface area contributed by atoms with Crippen molar-refractivity contribution in [3.05, 3.63) is 63.5 Å². The van der Waals surface area contributed by atoms with Gasteiger partial charge in [-0.05, 0) is 26.3 Å². The Bertz CT molecular complexity index is 920. The highest BCUT2D eigenvalue weighted by Crippen LogP contribution is 2.37. The molecule has 1 aliphatic rings. The van der Waals surface area contributed by atoms with E-state index in [1.807, 2.05) is 29.7 Å². The van der Waals surface area contributed by atoms with Gasteiger partial charge in [0.15, 0.2) is 12.0 Å². The SMILES string of the molecule is Cc1sc2c(c1C)C(c1ccccc1)=NC(N)c1nnc(C)n1-2. The number of fused-ring (bicyclic) bond motifs is 3. The van der Waals surface area contributed by atoms with Crippen LogP contribution in [0.5, 0.6) is 0 Å². The van der Waals surface area contributed by atoms with Crippen molar-refractivity contribution in [1.82, 2.24) is 14.8 Å². The maximum absolute atomic E-state index is 6.31. The van der Waals surface area contributed by atoms with E-state index in [9.17, 15) is 0 Å². The van der Waals surface area contributed by atoms with Gasteiger partial charge in [0.25, 0.3) is 0 Å². The Morgan fingerprint density at radius 2 is 1.83 bits per heavy atom. The summed E-state index contributed by atoms with van der Waals surface area (Å²) >= 11 is 1.74. The van der Waals surface area contributed by atoms with E-state index in [0.29, 0.717) is 5.82 Å². The molecule has 3 heterocycles. The van der Waals surface area contributed by atoms with Crippen molar-refractivity contribution in [2.45, 2.75) is 26.9 Å². The summed E-state index contributed by atoms with van der Waals surface area (Å²) in [6.07, 6.45) is -0.522. The molecule has 4 rings (SSSR count). The quantitative estimate of drug-likeness (QED) is 0.748. The molecule has 3 aromatic rings. The molecule has 1 aromatic carbocycles. The van der Waals surface area contributed by atoms with E-state index in [-0.39, 0.29) is 0 Å². The molecule has 1 aliphatic heterocycles. The minimum atomic E-state index is -0.522. The van der Waals surface area contributed by atoms with Gasteiger partial charge in [-0.25, -0.2) is 0 Å². The molecule has 2 N–H and O–H groups in total. The number of hydrogen-bond acceptors (Lipinski definition) is 5. The van der Waals surface area contributed by atoms with E-state index in [2.05, 4.69) is 36.2 Å². The van der Waals surface area contributed by atoms with Crippen LogP contribution in [-0.4, -0.2) is 20.5 Å². The number of nitrogens with two attached hydrogens (primary N) is 1. The minimum Gasteiger partial charge on any atom is -0.303 e. The van der Waals surface area contributed by atoms with Crippen molar-refractivity contribution in [3.63, 3.8) is 0 Å². The third-order valence-electron chi connectivity index (χ3n) is 4.24. The van der Waals surface area contributed by atoms with E-state index in [1.54, 1.807) is 11.3 Å². The standard InChI is InChI=1S/C17H17N5S/c1-9-10(2)23-17-13(9)14(12-7-5-4-6-8-12)19-15(18)16-21-20-11(3)22(16)17/h4-8,15H,18H2,1-3H3. The number of thiophene rings is 1. The first-order chi connectivity index (χ1) is 11.1. The van der Waals surface area contributed by atoms with Crippen LogP contribution < -0.4 is 5.73 Å². The number of hydrogen-bond donors (Lipinski definition) is 1. The van der Waals surface area contributed by atoms with E-state index in [4.69, 9.17) is 10.7 Å². The van der Waals surface area contributed by atoms with Crippen molar-refractivity contribution in [1.29, 1.82) is 0 Å².